The maximum Gasteiger partial charge on any atom is 0.313 e. The summed E-state index contributed by atoms with van der Waals surface area (Å²) >= 11 is 0. The summed E-state index contributed by atoms with van der Waals surface area (Å²) in [6.07, 6.45) is 4.20. The number of amides is 2. The van der Waals surface area contributed by atoms with E-state index in [0.717, 1.165) is 46.1 Å². The van der Waals surface area contributed by atoms with Gasteiger partial charge in [-0.25, -0.2) is 0 Å². The second-order valence-corrected chi connectivity index (χ2v) is 6.48. The molecule has 1 aromatic heterocycles. The zero-order chi connectivity index (χ0) is 19.2. The number of aromatic amines is 1. The maximum atomic E-state index is 12.3. The number of carbonyl (C=O) groups is 2. The predicted molar refractivity (Wildman–Crippen MR) is 109 cm³/mol. The van der Waals surface area contributed by atoms with E-state index in [1.54, 1.807) is 0 Å². The van der Waals surface area contributed by atoms with E-state index in [2.05, 4.69) is 15.6 Å². The molecule has 2 aromatic carbocycles. The second-order valence-electron chi connectivity index (χ2n) is 6.48. The molecule has 0 aliphatic rings. The van der Waals surface area contributed by atoms with E-state index in [1.165, 1.54) is 0 Å². The third kappa shape index (κ3) is 4.19. The van der Waals surface area contributed by atoms with Gasteiger partial charge >= 0.3 is 11.8 Å². The van der Waals surface area contributed by atoms with Crippen molar-refractivity contribution >= 4 is 28.4 Å². The lowest BCUT2D eigenvalue weighted by Crippen LogP contribution is -2.36. The zero-order valence-corrected chi connectivity index (χ0v) is 15.8. The quantitative estimate of drug-likeness (QED) is 0.586. The van der Waals surface area contributed by atoms with E-state index in [0.29, 0.717) is 13.0 Å². The molecule has 0 aliphatic carbocycles. The fourth-order valence-electron chi connectivity index (χ4n) is 3.30. The number of H-pyrrole nitrogens is 1. The molecule has 3 aromatic rings. The molecule has 5 heteroatoms. The summed E-state index contributed by atoms with van der Waals surface area (Å²) in [7, 11) is 0. The fraction of sp³-hybridized carbons (Fsp3) is 0.273. The first-order valence-corrected chi connectivity index (χ1v) is 9.39. The van der Waals surface area contributed by atoms with E-state index >= 15 is 0 Å². The van der Waals surface area contributed by atoms with Gasteiger partial charge in [-0.05, 0) is 42.0 Å². The number of carbonyl (C=O) groups excluding carboxylic acids is 2. The Bertz CT molecular complexity index is 937. The average molecular weight is 363 g/mol. The number of fused-ring (bicyclic) bond motifs is 1. The van der Waals surface area contributed by atoms with Gasteiger partial charge in [-0.1, -0.05) is 50.2 Å². The van der Waals surface area contributed by atoms with Gasteiger partial charge in [-0.2, -0.15) is 0 Å². The van der Waals surface area contributed by atoms with Gasteiger partial charge in [0.1, 0.15) is 0 Å². The summed E-state index contributed by atoms with van der Waals surface area (Å²) in [5.41, 5.74) is 5.03. The Morgan fingerprint density at radius 1 is 0.889 bits per heavy atom. The predicted octanol–water partition coefficient (Wildman–Crippen LogP) is 3.59. The Balaban J connectivity index is 1.59. The molecule has 0 spiro atoms. The Kier molecular flexibility index (Phi) is 5.91. The highest BCUT2D eigenvalue weighted by atomic mass is 16.2. The van der Waals surface area contributed by atoms with E-state index in [1.807, 2.05) is 62.5 Å². The molecule has 140 valence electrons. The molecular formula is C22H25N3O2. The summed E-state index contributed by atoms with van der Waals surface area (Å²) in [6.45, 7) is 4.47. The minimum atomic E-state index is -0.621. The highest BCUT2D eigenvalue weighted by Crippen LogP contribution is 2.22. The fourth-order valence-corrected chi connectivity index (χ4v) is 3.30. The molecule has 3 N–H and O–H groups in total. The van der Waals surface area contributed by atoms with Gasteiger partial charge in [0.2, 0.25) is 0 Å². The lowest BCUT2D eigenvalue weighted by atomic mass is 10.0. The number of hydrogen-bond acceptors (Lipinski definition) is 2. The zero-order valence-electron chi connectivity index (χ0n) is 15.8. The molecule has 0 bridgehead atoms. The highest BCUT2D eigenvalue weighted by molar-refractivity contribution is 6.39. The first-order chi connectivity index (χ1) is 13.1. The minimum absolute atomic E-state index is 0.407. The normalized spacial score (nSPS) is 10.7. The molecule has 0 aliphatic heterocycles. The SMILES string of the molecule is CCc1cccc(CC)c1NC(=O)C(=O)NCCc1c[nH]c2ccccc12. The molecule has 0 fully saturated rings. The van der Waals surface area contributed by atoms with Crippen LogP contribution in [0.3, 0.4) is 0 Å². The molecule has 5 nitrogen and oxygen atoms in total. The van der Waals surface area contributed by atoms with Crippen molar-refractivity contribution in [2.45, 2.75) is 33.1 Å². The van der Waals surface area contributed by atoms with Gasteiger partial charge in [0.05, 0.1) is 0 Å². The van der Waals surface area contributed by atoms with Crippen molar-refractivity contribution in [2.75, 3.05) is 11.9 Å². The largest absolute Gasteiger partial charge is 0.361 e. The van der Waals surface area contributed by atoms with Gasteiger partial charge in [0.15, 0.2) is 0 Å². The Morgan fingerprint density at radius 2 is 1.59 bits per heavy atom. The van der Waals surface area contributed by atoms with Crippen molar-refractivity contribution < 1.29 is 9.59 Å². The van der Waals surface area contributed by atoms with Crippen molar-refractivity contribution in [1.29, 1.82) is 0 Å². The van der Waals surface area contributed by atoms with E-state index in [4.69, 9.17) is 0 Å². The van der Waals surface area contributed by atoms with Gasteiger partial charge < -0.3 is 15.6 Å². The molecule has 3 rings (SSSR count). The van der Waals surface area contributed by atoms with Gasteiger partial charge in [0, 0.05) is 29.3 Å². The third-order valence-electron chi connectivity index (χ3n) is 4.80. The molecule has 2 amide bonds. The molecule has 0 atom stereocenters. The molecule has 0 saturated carbocycles. The van der Waals surface area contributed by atoms with Crippen molar-refractivity contribution in [2.24, 2.45) is 0 Å². The van der Waals surface area contributed by atoms with E-state index < -0.39 is 11.8 Å². The van der Waals surface area contributed by atoms with Crippen LogP contribution in [-0.2, 0) is 28.9 Å². The number of hydrogen-bond donors (Lipinski definition) is 3. The maximum absolute atomic E-state index is 12.3. The summed E-state index contributed by atoms with van der Waals surface area (Å²) in [4.78, 5) is 27.7. The van der Waals surface area contributed by atoms with Gasteiger partial charge in [0.25, 0.3) is 0 Å². The van der Waals surface area contributed by atoms with E-state index in [9.17, 15) is 9.59 Å². The highest BCUT2D eigenvalue weighted by Gasteiger charge is 2.16. The van der Waals surface area contributed by atoms with Crippen LogP contribution in [0.4, 0.5) is 5.69 Å². The van der Waals surface area contributed by atoms with Gasteiger partial charge in [-0.15, -0.1) is 0 Å². The van der Waals surface area contributed by atoms with Crippen LogP contribution >= 0.6 is 0 Å². The minimum Gasteiger partial charge on any atom is -0.361 e. The van der Waals surface area contributed by atoms with Crippen LogP contribution in [0.1, 0.15) is 30.5 Å². The van der Waals surface area contributed by atoms with Gasteiger partial charge in [-0.3, -0.25) is 9.59 Å². The summed E-state index contributed by atoms with van der Waals surface area (Å²) in [5, 5.41) is 6.65. The molecule has 0 saturated heterocycles. The Labute approximate surface area is 159 Å². The van der Waals surface area contributed by atoms with Crippen LogP contribution < -0.4 is 10.6 Å². The number of rotatable bonds is 6. The molecule has 0 unspecified atom stereocenters. The topological polar surface area (TPSA) is 74.0 Å². The first-order valence-electron chi connectivity index (χ1n) is 9.39. The number of aromatic nitrogens is 1. The average Bonchev–Trinajstić information content (AvgIpc) is 3.11. The second kappa shape index (κ2) is 8.54. The van der Waals surface area contributed by atoms with Crippen molar-refractivity contribution in [3.8, 4) is 0 Å². The van der Waals surface area contributed by atoms with Crippen LogP contribution in [0, 0.1) is 0 Å². The van der Waals surface area contributed by atoms with Crippen LogP contribution in [0.5, 0.6) is 0 Å². The summed E-state index contributed by atoms with van der Waals surface area (Å²) in [6, 6.07) is 14.0. The van der Waals surface area contributed by atoms with Crippen molar-refractivity contribution in [3.63, 3.8) is 0 Å². The lowest BCUT2D eigenvalue weighted by molar-refractivity contribution is -0.136. The number of nitrogens with one attached hydrogen (secondary N) is 3. The molecular weight excluding hydrogens is 338 g/mol. The Morgan fingerprint density at radius 3 is 2.30 bits per heavy atom. The molecule has 27 heavy (non-hydrogen) atoms. The van der Waals surface area contributed by atoms with Crippen LogP contribution in [0.15, 0.2) is 48.7 Å². The smallest absolute Gasteiger partial charge is 0.313 e. The third-order valence-corrected chi connectivity index (χ3v) is 4.80. The monoisotopic (exact) mass is 363 g/mol. The number of para-hydroxylation sites is 2. The number of anilines is 1. The lowest BCUT2D eigenvalue weighted by Gasteiger charge is -2.14. The van der Waals surface area contributed by atoms with Crippen LogP contribution in [0.25, 0.3) is 10.9 Å². The standard InChI is InChI=1S/C22H25N3O2/c1-3-15-8-7-9-16(4-2)20(15)25-22(27)21(26)23-13-12-17-14-24-19-11-6-5-10-18(17)19/h5-11,14,24H,3-4,12-13H2,1-2H3,(H,23,26)(H,25,27). The van der Waals surface area contributed by atoms with Crippen LogP contribution in [0.2, 0.25) is 0 Å². The Hall–Kier alpha value is -3.08. The number of aryl methyl sites for hydroxylation is 2. The molecule has 0 radical (unpaired) electrons. The summed E-state index contributed by atoms with van der Waals surface area (Å²) < 4.78 is 0. The number of benzene rings is 2. The summed E-state index contributed by atoms with van der Waals surface area (Å²) in [5.74, 6) is -1.23. The van der Waals surface area contributed by atoms with Crippen LogP contribution in [-0.4, -0.2) is 23.3 Å². The van der Waals surface area contributed by atoms with Crippen molar-refractivity contribution in [1.82, 2.24) is 10.3 Å². The molecule has 1 heterocycles. The van der Waals surface area contributed by atoms with Crippen molar-refractivity contribution in [3.05, 3.63) is 65.4 Å². The van der Waals surface area contributed by atoms with E-state index in [-0.39, 0.29) is 0 Å². The first kappa shape index (κ1) is 18.7.